The minimum Gasteiger partial charge on any atom is -0.497 e. The second kappa shape index (κ2) is 4.46. The first-order chi connectivity index (χ1) is 8.78. The van der Waals surface area contributed by atoms with Gasteiger partial charge in [-0.1, -0.05) is 0 Å². The molecular weight excluding hydrogens is 226 g/mol. The van der Waals surface area contributed by atoms with Crippen molar-refractivity contribution in [1.82, 2.24) is 14.7 Å². The van der Waals surface area contributed by atoms with Crippen molar-refractivity contribution in [3.63, 3.8) is 0 Å². The monoisotopic (exact) mass is 243 g/mol. The van der Waals surface area contributed by atoms with Gasteiger partial charge < -0.3 is 9.64 Å². The molecule has 4 heteroatoms. The number of benzene rings is 1. The van der Waals surface area contributed by atoms with E-state index < -0.39 is 0 Å². The van der Waals surface area contributed by atoms with Crippen molar-refractivity contribution in [3.8, 4) is 11.4 Å². The first-order valence-corrected chi connectivity index (χ1v) is 6.16. The van der Waals surface area contributed by atoms with Crippen LogP contribution in [0.3, 0.4) is 0 Å². The van der Waals surface area contributed by atoms with Crippen molar-refractivity contribution < 1.29 is 4.74 Å². The standard InChI is InChI=1S/C14H17N3O/c1-16-8-7-14-11(10-16)9-15-17(14)12-3-5-13(18-2)6-4-12/h3-6,9H,7-8,10H2,1-2H3. The Kier molecular flexibility index (Phi) is 2.80. The molecule has 3 rings (SSSR count). The Labute approximate surface area is 107 Å². The summed E-state index contributed by atoms with van der Waals surface area (Å²) in [4.78, 5) is 2.32. The Morgan fingerprint density at radius 1 is 1.22 bits per heavy atom. The van der Waals surface area contributed by atoms with Crippen molar-refractivity contribution >= 4 is 0 Å². The first kappa shape index (κ1) is 11.3. The van der Waals surface area contributed by atoms with E-state index in [9.17, 15) is 0 Å². The topological polar surface area (TPSA) is 30.3 Å². The summed E-state index contributed by atoms with van der Waals surface area (Å²) in [6.45, 7) is 2.08. The summed E-state index contributed by atoms with van der Waals surface area (Å²) in [7, 11) is 3.83. The van der Waals surface area contributed by atoms with Crippen LogP contribution in [0.4, 0.5) is 0 Å². The molecule has 18 heavy (non-hydrogen) atoms. The minimum atomic E-state index is 0.875. The number of hydrogen-bond acceptors (Lipinski definition) is 3. The van der Waals surface area contributed by atoms with Crippen LogP contribution in [0.5, 0.6) is 5.75 Å². The Balaban J connectivity index is 1.97. The molecule has 0 aliphatic carbocycles. The van der Waals surface area contributed by atoms with E-state index in [1.807, 2.05) is 35.1 Å². The molecule has 0 saturated heterocycles. The maximum absolute atomic E-state index is 5.18. The van der Waals surface area contributed by atoms with Crippen molar-refractivity contribution in [2.75, 3.05) is 20.7 Å². The number of nitrogens with zero attached hydrogens (tertiary/aromatic N) is 3. The zero-order valence-electron chi connectivity index (χ0n) is 10.8. The fourth-order valence-corrected chi connectivity index (χ4v) is 2.42. The van der Waals surface area contributed by atoms with Gasteiger partial charge in [0.1, 0.15) is 5.75 Å². The molecule has 0 spiro atoms. The molecule has 4 nitrogen and oxygen atoms in total. The molecule has 0 saturated carbocycles. The molecule has 2 aromatic rings. The highest BCUT2D eigenvalue weighted by Gasteiger charge is 2.18. The van der Waals surface area contributed by atoms with Gasteiger partial charge in [-0.15, -0.1) is 0 Å². The van der Waals surface area contributed by atoms with Gasteiger partial charge in [-0.2, -0.15) is 5.10 Å². The molecule has 2 heterocycles. The molecule has 94 valence electrons. The Morgan fingerprint density at radius 3 is 2.72 bits per heavy atom. The molecule has 0 bridgehead atoms. The van der Waals surface area contributed by atoms with E-state index in [-0.39, 0.29) is 0 Å². The van der Waals surface area contributed by atoms with E-state index in [2.05, 4.69) is 17.0 Å². The van der Waals surface area contributed by atoms with Crippen LogP contribution >= 0.6 is 0 Å². The average molecular weight is 243 g/mol. The quantitative estimate of drug-likeness (QED) is 0.806. The van der Waals surface area contributed by atoms with Gasteiger partial charge in [0, 0.05) is 30.8 Å². The van der Waals surface area contributed by atoms with Crippen LogP contribution in [0, 0.1) is 0 Å². The third-order valence-corrected chi connectivity index (χ3v) is 3.44. The van der Waals surface area contributed by atoms with Crippen molar-refractivity contribution in [2.24, 2.45) is 0 Å². The highest BCUT2D eigenvalue weighted by Crippen LogP contribution is 2.22. The van der Waals surface area contributed by atoms with Crippen molar-refractivity contribution in [3.05, 3.63) is 41.7 Å². The van der Waals surface area contributed by atoms with Gasteiger partial charge in [0.25, 0.3) is 0 Å². The average Bonchev–Trinajstić information content (AvgIpc) is 2.81. The molecule has 1 aliphatic heterocycles. The van der Waals surface area contributed by atoms with Gasteiger partial charge in [-0.05, 0) is 31.3 Å². The van der Waals surface area contributed by atoms with Gasteiger partial charge in [-0.25, -0.2) is 4.68 Å². The lowest BCUT2D eigenvalue weighted by atomic mass is 10.1. The van der Waals surface area contributed by atoms with Crippen molar-refractivity contribution in [2.45, 2.75) is 13.0 Å². The maximum atomic E-state index is 5.18. The molecule has 0 fully saturated rings. The predicted octanol–water partition coefficient (Wildman–Crippen LogP) is 1.87. The van der Waals surface area contributed by atoms with Crippen LogP contribution in [0.25, 0.3) is 5.69 Å². The predicted molar refractivity (Wildman–Crippen MR) is 70.2 cm³/mol. The van der Waals surface area contributed by atoms with Crippen LogP contribution < -0.4 is 4.74 Å². The second-order valence-electron chi connectivity index (χ2n) is 4.71. The lowest BCUT2D eigenvalue weighted by Gasteiger charge is -2.22. The highest BCUT2D eigenvalue weighted by molar-refractivity contribution is 5.39. The third kappa shape index (κ3) is 1.88. The molecule has 1 aliphatic rings. The van der Waals surface area contributed by atoms with E-state index in [4.69, 9.17) is 4.74 Å². The van der Waals surface area contributed by atoms with Gasteiger partial charge >= 0.3 is 0 Å². The summed E-state index contributed by atoms with van der Waals surface area (Å²) in [6, 6.07) is 8.03. The molecule has 0 N–H and O–H groups in total. The maximum Gasteiger partial charge on any atom is 0.119 e. The van der Waals surface area contributed by atoms with E-state index in [1.54, 1.807) is 7.11 Å². The van der Waals surface area contributed by atoms with E-state index in [0.717, 1.165) is 30.9 Å². The van der Waals surface area contributed by atoms with Gasteiger partial charge in [0.15, 0.2) is 0 Å². The Morgan fingerprint density at radius 2 is 2.00 bits per heavy atom. The van der Waals surface area contributed by atoms with Gasteiger partial charge in [0.05, 0.1) is 19.0 Å². The summed E-state index contributed by atoms with van der Waals surface area (Å²) >= 11 is 0. The number of likely N-dealkylation sites (N-methyl/N-ethyl adjacent to an activating group) is 1. The molecule has 0 radical (unpaired) electrons. The fraction of sp³-hybridized carbons (Fsp3) is 0.357. The number of hydrogen-bond donors (Lipinski definition) is 0. The zero-order chi connectivity index (χ0) is 12.5. The van der Waals surface area contributed by atoms with Crippen LogP contribution in [-0.4, -0.2) is 35.4 Å². The van der Waals surface area contributed by atoms with E-state index in [0.29, 0.717) is 0 Å². The third-order valence-electron chi connectivity index (χ3n) is 3.44. The first-order valence-electron chi connectivity index (χ1n) is 6.16. The van der Waals surface area contributed by atoms with Crippen LogP contribution in [0.15, 0.2) is 30.5 Å². The fourth-order valence-electron chi connectivity index (χ4n) is 2.42. The molecule has 0 atom stereocenters. The van der Waals surface area contributed by atoms with Gasteiger partial charge in [0.2, 0.25) is 0 Å². The normalized spacial score (nSPS) is 15.4. The summed E-state index contributed by atoms with van der Waals surface area (Å²) in [5.41, 5.74) is 3.76. The van der Waals surface area contributed by atoms with E-state index in [1.165, 1.54) is 11.3 Å². The summed E-state index contributed by atoms with van der Waals surface area (Å²) < 4.78 is 7.22. The highest BCUT2D eigenvalue weighted by atomic mass is 16.5. The summed E-state index contributed by atoms with van der Waals surface area (Å²) in [5, 5.41) is 4.51. The van der Waals surface area contributed by atoms with Crippen LogP contribution in [-0.2, 0) is 13.0 Å². The molecular formula is C14H17N3O. The van der Waals surface area contributed by atoms with Crippen LogP contribution in [0.1, 0.15) is 11.3 Å². The number of aromatic nitrogens is 2. The molecule has 0 unspecified atom stereocenters. The summed E-state index contributed by atoms with van der Waals surface area (Å²) in [5.74, 6) is 0.875. The van der Waals surface area contributed by atoms with Crippen LogP contribution in [0.2, 0.25) is 0 Å². The SMILES string of the molecule is COc1ccc(-n2ncc3c2CCN(C)C3)cc1. The molecule has 1 aromatic carbocycles. The largest absolute Gasteiger partial charge is 0.497 e. The number of methoxy groups -OCH3 is 1. The summed E-state index contributed by atoms with van der Waals surface area (Å²) in [6.07, 6.45) is 3.03. The minimum absolute atomic E-state index is 0.875. The van der Waals surface area contributed by atoms with Gasteiger partial charge in [-0.3, -0.25) is 0 Å². The number of ether oxygens (including phenoxy) is 1. The number of rotatable bonds is 2. The smallest absolute Gasteiger partial charge is 0.119 e. The zero-order valence-corrected chi connectivity index (χ0v) is 10.8. The molecule has 1 aromatic heterocycles. The number of fused-ring (bicyclic) bond motifs is 1. The van der Waals surface area contributed by atoms with Crippen molar-refractivity contribution in [1.29, 1.82) is 0 Å². The lowest BCUT2D eigenvalue weighted by molar-refractivity contribution is 0.310. The lowest BCUT2D eigenvalue weighted by Crippen LogP contribution is -2.27. The Bertz CT molecular complexity index is 545. The Hall–Kier alpha value is -1.81. The molecule has 0 amide bonds. The second-order valence-corrected chi connectivity index (χ2v) is 4.71. The van der Waals surface area contributed by atoms with E-state index >= 15 is 0 Å².